The average Bonchev–Trinajstić information content (AvgIpc) is 2.78. The lowest BCUT2D eigenvalue weighted by atomic mass is 10.0. The molecule has 3 aromatic carbocycles. The molecular weight excluding hydrogens is 400 g/mol. The first-order valence-electron chi connectivity index (χ1n) is 9.45. The van der Waals surface area contributed by atoms with Crippen molar-refractivity contribution in [2.45, 2.75) is 6.92 Å². The van der Waals surface area contributed by atoms with Crippen molar-refractivity contribution in [3.05, 3.63) is 70.1 Å². The Morgan fingerprint density at radius 1 is 0.839 bits per heavy atom. The van der Waals surface area contributed by atoms with Gasteiger partial charge >= 0.3 is 11.6 Å². The van der Waals surface area contributed by atoms with Gasteiger partial charge in [-0.15, -0.1) is 0 Å². The van der Waals surface area contributed by atoms with Gasteiger partial charge in [-0.3, -0.25) is 0 Å². The molecule has 0 saturated heterocycles. The number of hydrogen-bond donors (Lipinski definition) is 0. The zero-order chi connectivity index (χ0) is 22.1. The van der Waals surface area contributed by atoms with Gasteiger partial charge in [0.15, 0.2) is 11.5 Å². The van der Waals surface area contributed by atoms with Crippen molar-refractivity contribution in [2.75, 3.05) is 21.3 Å². The van der Waals surface area contributed by atoms with Crippen LogP contribution in [-0.4, -0.2) is 27.3 Å². The van der Waals surface area contributed by atoms with E-state index in [2.05, 4.69) is 0 Å². The second kappa shape index (κ2) is 8.02. The smallest absolute Gasteiger partial charge is 0.344 e. The molecule has 0 unspecified atom stereocenters. The van der Waals surface area contributed by atoms with Crippen LogP contribution in [0.3, 0.4) is 0 Å². The number of esters is 1. The zero-order valence-corrected chi connectivity index (χ0v) is 17.5. The minimum absolute atomic E-state index is 0.247. The number of hydrogen-bond acceptors (Lipinski definition) is 7. The number of aryl methyl sites for hydroxylation is 1. The third-order valence-electron chi connectivity index (χ3n) is 4.97. The van der Waals surface area contributed by atoms with E-state index in [1.54, 1.807) is 30.3 Å². The molecule has 0 N–H and O–H groups in total. The van der Waals surface area contributed by atoms with Crippen LogP contribution in [0.25, 0.3) is 21.7 Å². The van der Waals surface area contributed by atoms with E-state index in [4.69, 9.17) is 23.4 Å². The Labute approximate surface area is 177 Å². The lowest BCUT2D eigenvalue weighted by Gasteiger charge is -2.15. The van der Waals surface area contributed by atoms with E-state index in [0.29, 0.717) is 33.6 Å². The van der Waals surface area contributed by atoms with Crippen molar-refractivity contribution >= 4 is 27.7 Å². The van der Waals surface area contributed by atoms with E-state index in [0.717, 1.165) is 5.56 Å². The monoisotopic (exact) mass is 420 g/mol. The molecule has 0 aliphatic rings. The standard InChI is InChI=1S/C24H20O7/c1-13-5-7-14(8-6-13)23(25)30-15-9-10-16-18(11-15)31-24(26)17-12-19(27-2)21(28-3)22(29-4)20(16)17/h5-12H,1-4H3. The molecule has 0 saturated carbocycles. The maximum absolute atomic E-state index is 12.7. The molecule has 0 spiro atoms. The van der Waals surface area contributed by atoms with E-state index in [1.165, 1.54) is 27.4 Å². The number of benzene rings is 3. The number of methoxy groups -OCH3 is 3. The van der Waals surface area contributed by atoms with Crippen LogP contribution in [0.4, 0.5) is 0 Å². The predicted octanol–water partition coefficient (Wildman–Crippen LogP) is 4.50. The first kappa shape index (κ1) is 20.3. The first-order valence-corrected chi connectivity index (χ1v) is 9.45. The van der Waals surface area contributed by atoms with E-state index < -0.39 is 11.6 Å². The lowest BCUT2D eigenvalue weighted by molar-refractivity contribution is 0.0735. The Kier molecular flexibility index (Phi) is 5.25. The van der Waals surface area contributed by atoms with Crippen molar-refractivity contribution < 1.29 is 28.2 Å². The molecule has 0 radical (unpaired) electrons. The maximum atomic E-state index is 12.7. The molecule has 0 fully saturated rings. The highest BCUT2D eigenvalue weighted by Crippen LogP contribution is 2.45. The summed E-state index contributed by atoms with van der Waals surface area (Å²) in [4.78, 5) is 25.1. The maximum Gasteiger partial charge on any atom is 0.344 e. The first-order chi connectivity index (χ1) is 15.0. The van der Waals surface area contributed by atoms with Gasteiger partial charge in [0, 0.05) is 16.8 Å². The summed E-state index contributed by atoms with van der Waals surface area (Å²) in [5.74, 6) is 0.798. The Balaban J connectivity index is 1.85. The number of ether oxygens (including phenoxy) is 4. The van der Waals surface area contributed by atoms with Gasteiger partial charge in [0.1, 0.15) is 11.3 Å². The summed E-state index contributed by atoms with van der Waals surface area (Å²) in [6.07, 6.45) is 0. The van der Waals surface area contributed by atoms with Gasteiger partial charge in [0.05, 0.1) is 32.3 Å². The molecule has 7 heteroatoms. The average molecular weight is 420 g/mol. The molecule has 0 aliphatic carbocycles. The van der Waals surface area contributed by atoms with Gasteiger partial charge in [-0.1, -0.05) is 17.7 Å². The van der Waals surface area contributed by atoms with Crippen LogP contribution < -0.4 is 24.6 Å². The van der Waals surface area contributed by atoms with Gasteiger partial charge in [-0.2, -0.15) is 0 Å². The number of carbonyl (C=O) groups is 1. The minimum atomic E-state index is -0.580. The molecule has 0 atom stereocenters. The number of carbonyl (C=O) groups excluding carboxylic acids is 1. The van der Waals surface area contributed by atoms with Gasteiger partial charge < -0.3 is 23.4 Å². The van der Waals surface area contributed by atoms with E-state index >= 15 is 0 Å². The Morgan fingerprint density at radius 2 is 1.55 bits per heavy atom. The zero-order valence-electron chi connectivity index (χ0n) is 17.5. The predicted molar refractivity (Wildman–Crippen MR) is 116 cm³/mol. The van der Waals surface area contributed by atoms with Crippen LogP contribution in [0.5, 0.6) is 23.0 Å². The van der Waals surface area contributed by atoms with Gasteiger partial charge in [-0.25, -0.2) is 9.59 Å². The van der Waals surface area contributed by atoms with Crippen molar-refractivity contribution in [3.63, 3.8) is 0 Å². The minimum Gasteiger partial charge on any atom is -0.493 e. The highest BCUT2D eigenvalue weighted by Gasteiger charge is 2.21. The summed E-state index contributed by atoms with van der Waals surface area (Å²) >= 11 is 0. The van der Waals surface area contributed by atoms with Crippen LogP contribution >= 0.6 is 0 Å². The third kappa shape index (κ3) is 3.54. The Bertz CT molecular complexity index is 1350. The quantitative estimate of drug-likeness (QED) is 0.203. The van der Waals surface area contributed by atoms with Crippen LogP contribution in [0.2, 0.25) is 0 Å². The van der Waals surface area contributed by atoms with Crippen LogP contribution in [0.1, 0.15) is 15.9 Å². The molecule has 1 aromatic heterocycles. The number of rotatable bonds is 5. The van der Waals surface area contributed by atoms with Crippen molar-refractivity contribution in [1.82, 2.24) is 0 Å². The molecule has 0 bridgehead atoms. The highest BCUT2D eigenvalue weighted by molar-refractivity contribution is 6.10. The molecule has 158 valence electrons. The summed E-state index contributed by atoms with van der Waals surface area (Å²) in [6, 6.07) is 13.4. The molecule has 4 aromatic rings. The van der Waals surface area contributed by atoms with Gasteiger partial charge in [0.2, 0.25) is 5.75 Å². The second-order valence-corrected chi connectivity index (χ2v) is 6.87. The molecule has 1 heterocycles. The molecule has 0 aliphatic heterocycles. The van der Waals surface area contributed by atoms with E-state index in [9.17, 15) is 9.59 Å². The van der Waals surface area contributed by atoms with Crippen molar-refractivity contribution in [1.29, 1.82) is 0 Å². The molecule has 7 nitrogen and oxygen atoms in total. The van der Waals surface area contributed by atoms with E-state index in [1.807, 2.05) is 19.1 Å². The van der Waals surface area contributed by atoms with Gasteiger partial charge in [-0.05, 0) is 37.3 Å². The SMILES string of the molecule is COc1cc2c(=O)oc3cc(OC(=O)c4ccc(C)cc4)ccc3c2c(OC)c1OC. The molecule has 4 rings (SSSR count). The fourth-order valence-electron chi connectivity index (χ4n) is 3.45. The number of fused-ring (bicyclic) bond motifs is 3. The topological polar surface area (TPSA) is 84.2 Å². The van der Waals surface area contributed by atoms with Crippen LogP contribution in [0, 0.1) is 6.92 Å². The Hall–Kier alpha value is -4.00. The molecular formula is C24H20O7. The Morgan fingerprint density at radius 3 is 2.19 bits per heavy atom. The van der Waals surface area contributed by atoms with Crippen molar-refractivity contribution in [3.8, 4) is 23.0 Å². The molecule has 31 heavy (non-hydrogen) atoms. The fourth-order valence-corrected chi connectivity index (χ4v) is 3.45. The molecule has 0 amide bonds. The third-order valence-corrected chi connectivity index (χ3v) is 4.97. The lowest BCUT2D eigenvalue weighted by Crippen LogP contribution is -2.08. The second-order valence-electron chi connectivity index (χ2n) is 6.87. The summed E-state index contributed by atoms with van der Waals surface area (Å²) in [7, 11) is 4.44. The fraction of sp³-hybridized carbons (Fsp3) is 0.167. The van der Waals surface area contributed by atoms with Crippen LogP contribution in [-0.2, 0) is 0 Å². The largest absolute Gasteiger partial charge is 0.493 e. The summed E-state index contributed by atoms with van der Waals surface area (Å²) in [5, 5.41) is 1.40. The van der Waals surface area contributed by atoms with E-state index in [-0.39, 0.29) is 16.7 Å². The summed E-state index contributed by atoms with van der Waals surface area (Å²) < 4.78 is 27.3. The summed E-state index contributed by atoms with van der Waals surface area (Å²) in [5.41, 5.74) is 1.13. The highest BCUT2D eigenvalue weighted by atomic mass is 16.5. The summed E-state index contributed by atoms with van der Waals surface area (Å²) in [6.45, 7) is 1.93. The normalized spacial score (nSPS) is 10.8. The van der Waals surface area contributed by atoms with Crippen LogP contribution in [0.15, 0.2) is 57.7 Å². The van der Waals surface area contributed by atoms with Gasteiger partial charge in [0.25, 0.3) is 0 Å². The van der Waals surface area contributed by atoms with Crippen molar-refractivity contribution in [2.24, 2.45) is 0 Å².